The summed E-state index contributed by atoms with van der Waals surface area (Å²) in [5, 5.41) is 29.4. The molecular formula is C32H38N12O4. The quantitative estimate of drug-likeness (QED) is 0.0715. The Kier molecular flexibility index (Phi) is 10.5. The van der Waals surface area contributed by atoms with E-state index in [1.165, 1.54) is 6.26 Å². The van der Waals surface area contributed by atoms with Crippen LogP contribution in [0.3, 0.4) is 0 Å². The number of nitriles is 1. The van der Waals surface area contributed by atoms with E-state index >= 15 is 0 Å². The average Bonchev–Trinajstić information content (AvgIpc) is 3.80. The summed E-state index contributed by atoms with van der Waals surface area (Å²) in [5.74, 6) is 1.58. The minimum absolute atomic E-state index is 0.126. The van der Waals surface area contributed by atoms with Gasteiger partial charge >= 0.3 is 0 Å². The molecule has 48 heavy (non-hydrogen) atoms. The van der Waals surface area contributed by atoms with Gasteiger partial charge in [-0.2, -0.15) is 10.8 Å². The van der Waals surface area contributed by atoms with Crippen molar-refractivity contribution in [1.82, 2.24) is 34.6 Å². The fourth-order valence-electron chi connectivity index (χ4n) is 6.03. The number of nitrogens with one attached hydrogen (secondary N) is 3. The van der Waals surface area contributed by atoms with Gasteiger partial charge in [-0.25, -0.2) is 20.0 Å². The van der Waals surface area contributed by atoms with Gasteiger partial charge in [-0.05, 0) is 50.3 Å². The number of oxazole rings is 1. The lowest BCUT2D eigenvalue weighted by molar-refractivity contribution is 0.00502. The van der Waals surface area contributed by atoms with Crippen molar-refractivity contribution >= 4 is 18.0 Å². The molecule has 1 aliphatic carbocycles. The standard InChI is InChI=1S/C32H38N12O4/c1-22(18-43(21-34)41-35)48-29-14-23(2-3-24(29)15-33)25-16-37-32(38-17-25)39-28-19-44(40-31(28)47-20-30-36-8-11-46-30)27-6-4-26(5-7-27)42-9-12-45-13-10-42/h2-3,8,11,14,16-17,19,21-22,26-27,34-35H,4-7,9-10,12-13,18,20H2,1H3,(H,37,38,39)/t22-,26?,27?/m0/s1. The molecule has 1 atom stereocenters. The van der Waals surface area contributed by atoms with Crippen LogP contribution in [-0.4, -0.2) is 86.0 Å². The summed E-state index contributed by atoms with van der Waals surface area (Å²) in [4.78, 5) is 15.8. The minimum Gasteiger partial charge on any atom is -0.487 e. The summed E-state index contributed by atoms with van der Waals surface area (Å²) in [6, 6.07) is 8.19. The Morgan fingerprint density at radius 3 is 2.60 bits per heavy atom. The Morgan fingerprint density at radius 2 is 1.92 bits per heavy atom. The Labute approximate surface area is 277 Å². The maximum Gasteiger partial charge on any atom is 0.257 e. The second-order valence-corrected chi connectivity index (χ2v) is 11.7. The summed E-state index contributed by atoms with van der Waals surface area (Å²) in [7, 11) is 0. The minimum atomic E-state index is -0.438. The monoisotopic (exact) mass is 654 g/mol. The molecule has 4 heterocycles. The second-order valence-electron chi connectivity index (χ2n) is 11.7. The molecule has 3 aromatic heterocycles. The lowest BCUT2D eigenvalue weighted by Gasteiger charge is -2.38. The van der Waals surface area contributed by atoms with Crippen LogP contribution in [0.25, 0.3) is 11.1 Å². The predicted octanol–water partition coefficient (Wildman–Crippen LogP) is 4.96. The Morgan fingerprint density at radius 1 is 1.15 bits per heavy atom. The largest absolute Gasteiger partial charge is 0.487 e. The molecule has 6 rings (SSSR count). The molecule has 1 aromatic carbocycles. The van der Waals surface area contributed by atoms with E-state index in [1.54, 1.807) is 43.7 Å². The molecule has 2 aliphatic rings. The number of ether oxygens (including phenoxy) is 3. The van der Waals surface area contributed by atoms with E-state index in [0.29, 0.717) is 40.8 Å². The average molecular weight is 655 g/mol. The van der Waals surface area contributed by atoms with E-state index in [9.17, 15) is 5.26 Å². The highest BCUT2D eigenvalue weighted by Crippen LogP contribution is 2.35. The summed E-state index contributed by atoms with van der Waals surface area (Å²) in [6.07, 6.45) is 13.1. The molecule has 0 spiro atoms. The maximum atomic E-state index is 9.62. The van der Waals surface area contributed by atoms with Crippen molar-refractivity contribution in [2.45, 2.75) is 57.4 Å². The van der Waals surface area contributed by atoms with E-state index in [0.717, 1.165) is 74.5 Å². The van der Waals surface area contributed by atoms with Crippen LogP contribution in [0.1, 0.15) is 50.1 Å². The Bertz CT molecular complexity index is 1680. The van der Waals surface area contributed by atoms with Crippen molar-refractivity contribution in [2.24, 2.45) is 5.22 Å². The van der Waals surface area contributed by atoms with Crippen LogP contribution in [0.4, 0.5) is 11.6 Å². The smallest absolute Gasteiger partial charge is 0.257 e. The molecule has 1 aliphatic heterocycles. The number of morpholine rings is 1. The first kappa shape index (κ1) is 32.5. The van der Waals surface area contributed by atoms with Crippen LogP contribution in [0, 0.1) is 22.3 Å². The van der Waals surface area contributed by atoms with Crippen LogP contribution >= 0.6 is 0 Å². The zero-order chi connectivity index (χ0) is 33.3. The molecule has 0 amide bonds. The molecular weight excluding hydrogens is 616 g/mol. The van der Waals surface area contributed by atoms with Gasteiger partial charge < -0.3 is 23.9 Å². The Balaban J connectivity index is 1.15. The van der Waals surface area contributed by atoms with Gasteiger partial charge in [0, 0.05) is 37.1 Å². The van der Waals surface area contributed by atoms with Crippen molar-refractivity contribution in [3.8, 4) is 28.8 Å². The number of benzene rings is 1. The van der Waals surface area contributed by atoms with Crippen LogP contribution in [0.5, 0.6) is 11.6 Å². The molecule has 0 unspecified atom stereocenters. The zero-order valence-electron chi connectivity index (χ0n) is 26.7. The van der Waals surface area contributed by atoms with Crippen LogP contribution in [-0.2, 0) is 11.3 Å². The molecule has 1 saturated heterocycles. The SMILES string of the molecule is C[C@@H](CN(C=N)N=N)Oc1cc(-c2cnc(Nc3cn(C4CCC(N5CCOCC5)CC4)nc3OCc3ncco3)nc2)ccc1C#N. The third kappa shape index (κ3) is 7.93. The van der Waals surface area contributed by atoms with Crippen molar-refractivity contribution in [2.75, 3.05) is 38.2 Å². The van der Waals surface area contributed by atoms with Crippen LogP contribution in [0.2, 0.25) is 0 Å². The summed E-state index contributed by atoms with van der Waals surface area (Å²) < 4.78 is 24.9. The van der Waals surface area contributed by atoms with Gasteiger partial charge in [0.25, 0.3) is 5.88 Å². The van der Waals surface area contributed by atoms with Gasteiger partial charge in [0.15, 0.2) is 6.61 Å². The predicted molar refractivity (Wildman–Crippen MR) is 173 cm³/mol. The molecule has 16 nitrogen and oxygen atoms in total. The summed E-state index contributed by atoms with van der Waals surface area (Å²) in [6.45, 7) is 5.70. The first-order chi connectivity index (χ1) is 23.5. The van der Waals surface area contributed by atoms with Crippen LogP contribution in [0.15, 0.2) is 58.9 Å². The zero-order valence-corrected chi connectivity index (χ0v) is 26.7. The molecule has 16 heteroatoms. The van der Waals surface area contributed by atoms with E-state index in [2.05, 4.69) is 36.5 Å². The van der Waals surface area contributed by atoms with Crippen molar-refractivity contribution in [3.05, 3.63) is 60.7 Å². The molecule has 2 fully saturated rings. The number of hydrogen-bond acceptors (Lipinski definition) is 14. The fraction of sp³-hybridized carbons (Fsp3) is 0.438. The number of rotatable bonds is 14. The van der Waals surface area contributed by atoms with Gasteiger partial charge in [0.05, 0.1) is 43.8 Å². The Hall–Kier alpha value is -5.40. The van der Waals surface area contributed by atoms with Crippen molar-refractivity contribution < 1.29 is 18.6 Å². The first-order valence-electron chi connectivity index (χ1n) is 15.9. The van der Waals surface area contributed by atoms with E-state index < -0.39 is 6.10 Å². The summed E-state index contributed by atoms with van der Waals surface area (Å²) >= 11 is 0. The molecule has 3 N–H and O–H groups in total. The highest BCUT2D eigenvalue weighted by molar-refractivity contribution is 5.67. The van der Waals surface area contributed by atoms with Gasteiger partial charge in [-0.1, -0.05) is 11.3 Å². The summed E-state index contributed by atoms with van der Waals surface area (Å²) in [5.41, 5.74) is 9.61. The lowest BCUT2D eigenvalue weighted by atomic mass is 9.90. The maximum absolute atomic E-state index is 9.62. The fourth-order valence-corrected chi connectivity index (χ4v) is 6.03. The van der Waals surface area contributed by atoms with E-state index in [4.69, 9.17) is 34.7 Å². The topological polar surface area (TPSA) is 200 Å². The molecule has 250 valence electrons. The number of hydrogen-bond donors (Lipinski definition) is 3. The number of anilines is 2. The number of nitrogens with zero attached hydrogens (tertiary/aromatic N) is 9. The highest BCUT2D eigenvalue weighted by Gasteiger charge is 2.29. The van der Waals surface area contributed by atoms with Gasteiger partial charge in [0.1, 0.15) is 36.2 Å². The highest BCUT2D eigenvalue weighted by atomic mass is 16.5. The molecule has 0 radical (unpaired) electrons. The molecule has 0 bridgehead atoms. The first-order valence-corrected chi connectivity index (χ1v) is 15.9. The third-order valence-corrected chi connectivity index (χ3v) is 8.50. The van der Waals surface area contributed by atoms with Crippen molar-refractivity contribution in [1.29, 1.82) is 16.2 Å². The lowest BCUT2D eigenvalue weighted by Crippen LogP contribution is -2.45. The molecule has 4 aromatic rings. The van der Waals surface area contributed by atoms with Gasteiger partial charge in [-0.3, -0.25) is 15.0 Å². The third-order valence-electron chi connectivity index (χ3n) is 8.50. The van der Waals surface area contributed by atoms with E-state index in [-0.39, 0.29) is 19.2 Å². The normalized spacial score (nSPS) is 18.8. The second kappa shape index (κ2) is 15.5. The van der Waals surface area contributed by atoms with Crippen molar-refractivity contribution in [3.63, 3.8) is 0 Å². The number of aromatic nitrogens is 5. The molecule has 1 saturated carbocycles. The van der Waals surface area contributed by atoms with E-state index in [1.807, 2.05) is 10.9 Å². The van der Waals surface area contributed by atoms with Crippen LogP contribution < -0.4 is 14.8 Å². The van der Waals surface area contributed by atoms with Gasteiger partial charge in [-0.15, -0.1) is 5.10 Å². The van der Waals surface area contributed by atoms with Gasteiger partial charge in [0.2, 0.25) is 11.8 Å².